The highest BCUT2D eigenvalue weighted by Crippen LogP contribution is 2.19. The van der Waals surface area contributed by atoms with E-state index in [1.807, 2.05) is 36.4 Å². The zero-order valence-corrected chi connectivity index (χ0v) is 7.01. The van der Waals surface area contributed by atoms with Crippen molar-refractivity contribution in [3.63, 3.8) is 0 Å². The fraction of sp³-hybridized carbons (Fsp3) is 0. The minimum atomic E-state index is 0.659. The number of hydrogen-bond acceptors (Lipinski definition) is 2. The molecule has 2 N–H and O–H groups in total. The lowest BCUT2D eigenvalue weighted by Crippen LogP contribution is -2.10. The van der Waals surface area contributed by atoms with E-state index in [1.165, 1.54) is 0 Å². The maximum Gasteiger partial charge on any atom is 0.135 e. The summed E-state index contributed by atoms with van der Waals surface area (Å²) in [4.78, 5) is 2.91. The number of anilines is 2. The van der Waals surface area contributed by atoms with Crippen molar-refractivity contribution >= 4 is 11.5 Å². The summed E-state index contributed by atoms with van der Waals surface area (Å²) in [7, 11) is 0. The molecular weight excluding hydrogens is 164 g/mol. The minimum absolute atomic E-state index is 0.659. The number of benzene rings is 1. The average molecular weight is 174 g/mol. The number of para-hydroxylation sites is 1. The van der Waals surface area contributed by atoms with Gasteiger partial charge in [0.15, 0.2) is 0 Å². The molecule has 0 saturated carbocycles. The van der Waals surface area contributed by atoms with Gasteiger partial charge in [-0.2, -0.15) is 0 Å². The summed E-state index contributed by atoms with van der Waals surface area (Å²) in [5.74, 6) is 0.659. The van der Waals surface area contributed by atoms with Gasteiger partial charge in [-0.3, -0.25) is 5.21 Å². The first-order valence-electron chi connectivity index (χ1n) is 4.05. The van der Waals surface area contributed by atoms with E-state index in [2.05, 4.69) is 4.98 Å². The predicted molar refractivity (Wildman–Crippen MR) is 51.2 cm³/mol. The van der Waals surface area contributed by atoms with E-state index in [9.17, 15) is 5.21 Å². The van der Waals surface area contributed by atoms with Gasteiger partial charge in [0.2, 0.25) is 0 Å². The lowest BCUT2D eigenvalue weighted by atomic mass is 10.3. The van der Waals surface area contributed by atoms with E-state index in [-0.39, 0.29) is 0 Å². The second-order valence-corrected chi connectivity index (χ2v) is 2.70. The molecule has 0 radical (unpaired) electrons. The molecule has 0 amide bonds. The van der Waals surface area contributed by atoms with E-state index < -0.39 is 0 Å². The Labute approximate surface area is 76.2 Å². The summed E-state index contributed by atoms with van der Waals surface area (Å²) in [5.41, 5.74) is 0.741. The summed E-state index contributed by atoms with van der Waals surface area (Å²) >= 11 is 0. The van der Waals surface area contributed by atoms with E-state index in [4.69, 9.17) is 0 Å². The van der Waals surface area contributed by atoms with Gasteiger partial charge in [0.1, 0.15) is 5.82 Å². The van der Waals surface area contributed by atoms with E-state index in [0.717, 1.165) is 10.8 Å². The molecule has 0 atom stereocenters. The van der Waals surface area contributed by atoms with Crippen LogP contribution >= 0.6 is 0 Å². The molecule has 0 spiro atoms. The Bertz CT molecular complexity index is 356. The van der Waals surface area contributed by atoms with Crippen molar-refractivity contribution in [3.8, 4) is 0 Å². The first-order chi connectivity index (χ1) is 6.38. The van der Waals surface area contributed by atoms with Crippen LogP contribution in [0.4, 0.5) is 11.5 Å². The second kappa shape index (κ2) is 3.33. The molecule has 0 aliphatic heterocycles. The molecule has 13 heavy (non-hydrogen) atoms. The van der Waals surface area contributed by atoms with Gasteiger partial charge in [0, 0.05) is 6.20 Å². The molecule has 3 nitrogen and oxygen atoms in total. The summed E-state index contributed by atoms with van der Waals surface area (Å²) in [6.45, 7) is 0. The Morgan fingerprint density at radius 3 is 2.38 bits per heavy atom. The molecule has 0 bridgehead atoms. The summed E-state index contributed by atoms with van der Waals surface area (Å²) in [6, 6.07) is 13.0. The van der Waals surface area contributed by atoms with Crippen molar-refractivity contribution in [2.75, 3.05) is 5.06 Å². The number of nitrogens with zero attached hydrogens (tertiary/aromatic N) is 1. The lowest BCUT2D eigenvalue weighted by Gasteiger charge is -2.14. The van der Waals surface area contributed by atoms with Crippen molar-refractivity contribution in [3.05, 3.63) is 48.7 Å². The van der Waals surface area contributed by atoms with Crippen molar-refractivity contribution in [2.24, 2.45) is 0 Å². The average Bonchev–Trinajstić information content (AvgIpc) is 2.71. The quantitative estimate of drug-likeness (QED) is 0.687. The van der Waals surface area contributed by atoms with Crippen LogP contribution in [-0.2, 0) is 0 Å². The highest BCUT2D eigenvalue weighted by molar-refractivity contribution is 5.56. The fourth-order valence-electron chi connectivity index (χ4n) is 1.16. The van der Waals surface area contributed by atoms with Crippen molar-refractivity contribution in [1.82, 2.24) is 4.98 Å². The van der Waals surface area contributed by atoms with E-state index >= 15 is 0 Å². The Morgan fingerprint density at radius 1 is 1.00 bits per heavy atom. The number of aromatic nitrogens is 1. The first kappa shape index (κ1) is 7.89. The van der Waals surface area contributed by atoms with Gasteiger partial charge in [-0.25, -0.2) is 5.06 Å². The van der Waals surface area contributed by atoms with Crippen LogP contribution in [0.25, 0.3) is 0 Å². The smallest absolute Gasteiger partial charge is 0.135 e. The summed E-state index contributed by atoms with van der Waals surface area (Å²) in [6.07, 6.45) is 1.77. The molecule has 0 saturated heterocycles. The molecule has 2 rings (SSSR count). The number of aromatic amines is 1. The maximum absolute atomic E-state index is 9.68. The highest BCUT2D eigenvalue weighted by Gasteiger charge is 2.04. The topological polar surface area (TPSA) is 39.3 Å². The molecule has 0 aliphatic carbocycles. The van der Waals surface area contributed by atoms with Crippen LogP contribution in [0.3, 0.4) is 0 Å². The standard InChI is InChI=1S/C10H10N2O/c13-12(10-7-4-8-11-10)9-5-2-1-3-6-9/h1-8,11,13H. The van der Waals surface area contributed by atoms with Gasteiger partial charge in [0.25, 0.3) is 0 Å². The van der Waals surface area contributed by atoms with Crippen molar-refractivity contribution in [2.45, 2.75) is 0 Å². The second-order valence-electron chi connectivity index (χ2n) is 2.70. The Hall–Kier alpha value is -1.74. The number of H-pyrrole nitrogens is 1. The zero-order valence-electron chi connectivity index (χ0n) is 7.01. The van der Waals surface area contributed by atoms with Crippen LogP contribution < -0.4 is 5.06 Å². The Kier molecular flexibility index (Phi) is 2.02. The zero-order chi connectivity index (χ0) is 9.10. The number of nitrogens with one attached hydrogen (secondary N) is 1. The number of hydrogen-bond donors (Lipinski definition) is 2. The van der Waals surface area contributed by atoms with Gasteiger partial charge in [-0.15, -0.1) is 0 Å². The predicted octanol–water partition coefficient (Wildman–Crippen LogP) is 2.54. The van der Waals surface area contributed by atoms with Crippen LogP contribution in [-0.4, -0.2) is 10.2 Å². The largest absolute Gasteiger partial charge is 0.346 e. The third-order valence-electron chi connectivity index (χ3n) is 1.81. The minimum Gasteiger partial charge on any atom is -0.346 e. The molecule has 1 aromatic carbocycles. The van der Waals surface area contributed by atoms with Crippen LogP contribution in [0.2, 0.25) is 0 Å². The summed E-state index contributed by atoms with van der Waals surface area (Å²) < 4.78 is 0. The van der Waals surface area contributed by atoms with E-state index in [1.54, 1.807) is 12.3 Å². The SMILES string of the molecule is ON(c1ccccc1)c1ccc[nH]1. The molecule has 0 aliphatic rings. The Balaban J connectivity index is 2.29. The molecule has 1 aromatic heterocycles. The van der Waals surface area contributed by atoms with Gasteiger partial charge in [-0.1, -0.05) is 18.2 Å². The highest BCUT2D eigenvalue weighted by atomic mass is 16.5. The molecule has 2 aromatic rings. The molecule has 0 unspecified atom stereocenters. The van der Waals surface area contributed by atoms with Crippen LogP contribution in [0.5, 0.6) is 0 Å². The monoisotopic (exact) mass is 174 g/mol. The van der Waals surface area contributed by atoms with Crippen molar-refractivity contribution < 1.29 is 5.21 Å². The Morgan fingerprint density at radius 2 is 1.77 bits per heavy atom. The van der Waals surface area contributed by atoms with Gasteiger partial charge in [0.05, 0.1) is 5.69 Å². The summed E-state index contributed by atoms with van der Waals surface area (Å²) in [5, 5.41) is 10.8. The lowest BCUT2D eigenvalue weighted by molar-refractivity contribution is 0.298. The first-order valence-corrected chi connectivity index (χ1v) is 4.05. The van der Waals surface area contributed by atoms with Crippen LogP contribution in [0.15, 0.2) is 48.7 Å². The third-order valence-corrected chi connectivity index (χ3v) is 1.81. The van der Waals surface area contributed by atoms with Gasteiger partial charge >= 0.3 is 0 Å². The number of rotatable bonds is 2. The van der Waals surface area contributed by atoms with Crippen LogP contribution in [0, 0.1) is 0 Å². The van der Waals surface area contributed by atoms with Gasteiger partial charge < -0.3 is 4.98 Å². The van der Waals surface area contributed by atoms with Gasteiger partial charge in [-0.05, 0) is 24.3 Å². The normalized spacial score (nSPS) is 9.92. The van der Waals surface area contributed by atoms with Crippen LogP contribution in [0.1, 0.15) is 0 Å². The molecular formula is C10H10N2O. The third kappa shape index (κ3) is 1.55. The molecule has 66 valence electrons. The molecule has 3 heteroatoms. The fourth-order valence-corrected chi connectivity index (χ4v) is 1.16. The van der Waals surface area contributed by atoms with E-state index in [0.29, 0.717) is 5.82 Å². The maximum atomic E-state index is 9.68. The molecule has 0 fully saturated rings. The molecule has 1 heterocycles. The van der Waals surface area contributed by atoms with Crippen molar-refractivity contribution in [1.29, 1.82) is 0 Å².